The van der Waals surface area contributed by atoms with Crippen LogP contribution in [-0.2, 0) is 9.59 Å². The van der Waals surface area contributed by atoms with Gasteiger partial charge in [-0.05, 0) is 0 Å². The van der Waals surface area contributed by atoms with E-state index in [2.05, 4.69) is 9.56 Å². The molecule has 0 aliphatic rings. The Morgan fingerprint density at radius 1 is 1.75 bits per heavy atom. The first-order valence-corrected chi connectivity index (χ1v) is 4.28. The van der Waals surface area contributed by atoms with E-state index in [1.807, 2.05) is 0 Å². The minimum absolute atomic E-state index is 0.308. The molecule has 4 nitrogen and oxygen atoms in total. The van der Waals surface area contributed by atoms with Gasteiger partial charge in [0.1, 0.15) is 0 Å². The predicted molar refractivity (Wildman–Crippen MR) is 34.4 cm³/mol. The van der Waals surface area contributed by atoms with Crippen LogP contribution in [0.25, 0.3) is 0 Å². The monoisotopic (exact) mass is 146 g/mol. The summed E-state index contributed by atoms with van der Waals surface area (Å²) in [5.41, 5.74) is 0. The van der Waals surface area contributed by atoms with Crippen molar-refractivity contribution in [3.05, 3.63) is 0 Å². The van der Waals surface area contributed by atoms with E-state index in [9.17, 15) is 9.59 Å². The number of carbonyl (C=O) groups is 2. The van der Waals surface area contributed by atoms with E-state index in [0.29, 0.717) is 16.7 Å². The molecule has 0 N–H and O–H groups in total. The molecule has 0 rings (SSSR count). The third-order valence-electron chi connectivity index (χ3n) is 0.499. The quantitative estimate of drug-likeness (QED) is 0.192. The summed E-state index contributed by atoms with van der Waals surface area (Å²) in [4.78, 5) is 19.7. The van der Waals surface area contributed by atoms with E-state index in [1.54, 1.807) is 0 Å². The van der Waals surface area contributed by atoms with Crippen LogP contribution in [0.5, 0.6) is 0 Å². The largest absolute Gasteiger partial charge is 0.295 e. The van der Waals surface area contributed by atoms with E-state index in [-0.39, 0.29) is 5.41 Å². The maximum Gasteiger partial charge on any atom is 0.260 e. The van der Waals surface area contributed by atoms with Gasteiger partial charge in [-0.1, -0.05) is 0 Å². The highest BCUT2D eigenvalue weighted by molar-refractivity contribution is 6.84. The number of hydrogen-bond acceptors (Lipinski definition) is 4. The van der Waals surface area contributed by atoms with Crippen LogP contribution < -0.4 is 0 Å². The molecule has 0 radical (unpaired) electrons. The van der Waals surface area contributed by atoms with Crippen LogP contribution in [0.1, 0.15) is 0 Å². The molecule has 0 atom stereocenters. The van der Waals surface area contributed by atoms with Crippen LogP contribution in [-0.4, -0.2) is 31.8 Å². The molecule has 0 amide bonds. The molecule has 0 saturated heterocycles. The lowest BCUT2D eigenvalue weighted by atomic mass is 10.9. The van der Waals surface area contributed by atoms with Crippen molar-refractivity contribution < 1.29 is 9.59 Å². The van der Waals surface area contributed by atoms with Crippen molar-refractivity contribution in [2.24, 2.45) is 9.56 Å². The van der Waals surface area contributed by atoms with Gasteiger partial charge in [-0.15, -0.1) is 0 Å². The number of nitrogens with zero attached hydrogens (tertiary/aromatic N) is 2. The second-order valence-corrected chi connectivity index (χ2v) is 2.78. The minimum atomic E-state index is -1.18. The fraction of sp³-hybridized carbons (Fsp3) is 0. The first-order valence-electron chi connectivity index (χ1n) is 2.05. The molecule has 44 valence electrons. The Hall–Kier alpha value is -0.626. The zero-order chi connectivity index (χ0) is 6.41. The Morgan fingerprint density at radius 3 is 2.75 bits per heavy atom. The summed E-state index contributed by atoms with van der Waals surface area (Å²) in [7, 11) is -0.556. The Balaban J connectivity index is 3.39. The van der Waals surface area contributed by atoms with Gasteiger partial charge in [-0.25, -0.2) is 4.78 Å². The molecule has 0 aromatic rings. The van der Waals surface area contributed by atoms with E-state index in [0.717, 1.165) is 0 Å². The maximum absolute atomic E-state index is 10.1. The van der Waals surface area contributed by atoms with Crippen molar-refractivity contribution in [1.82, 2.24) is 0 Å². The van der Waals surface area contributed by atoms with Crippen molar-refractivity contribution in [3.8, 4) is 0 Å². The van der Waals surface area contributed by atoms with Crippen LogP contribution in [0.2, 0.25) is 0 Å². The lowest BCUT2D eigenvalue weighted by Gasteiger charge is -1.76. The van der Waals surface area contributed by atoms with E-state index in [1.165, 1.54) is 0 Å². The average Bonchev–Trinajstić information content (AvgIpc) is 1.83. The maximum atomic E-state index is 10.1. The Morgan fingerprint density at radius 2 is 2.38 bits per heavy atom. The number of carbonyl (C=O) groups excluding carboxylic acids is 2. The zero-order valence-corrected chi connectivity index (χ0v) is 7.91. The normalized spacial score (nSPS) is 11.5. The van der Waals surface area contributed by atoms with Gasteiger partial charge in [0.25, 0.3) is 9.68 Å². The van der Waals surface area contributed by atoms with Gasteiger partial charge in [0.05, 0.1) is 0 Å². The van der Waals surface area contributed by atoms with Crippen molar-refractivity contribution in [3.63, 3.8) is 0 Å². The topological polar surface area (TPSA) is 58.9 Å². The molecule has 0 fully saturated rings. The Bertz CT molecular complexity index is 123. The summed E-state index contributed by atoms with van der Waals surface area (Å²) in [5.74, 6) is 0. The Labute approximate surface area is 51.8 Å². The lowest BCUT2D eigenvalue weighted by Crippen LogP contribution is -2.06. The van der Waals surface area contributed by atoms with Crippen LogP contribution in [0, 0.1) is 0 Å². The molecular weight excluding hydrogens is 140 g/mol. The van der Waals surface area contributed by atoms with E-state index >= 15 is 0 Å². The molecule has 0 aromatic carbocycles. The summed E-state index contributed by atoms with van der Waals surface area (Å²) >= 11 is 0. The van der Waals surface area contributed by atoms with Crippen LogP contribution in [0.15, 0.2) is 9.56 Å². The molecular formula is C2H6N2O2Si2. The van der Waals surface area contributed by atoms with Crippen molar-refractivity contribution in [2.45, 2.75) is 0 Å². The molecule has 0 aliphatic heterocycles. The number of rotatable bonds is 3. The van der Waals surface area contributed by atoms with Gasteiger partial charge in [0, 0.05) is 0 Å². The predicted octanol–water partition coefficient (Wildman–Crippen LogP) is -2.47. The van der Waals surface area contributed by atoms with Gasteiger partial charge in [0.2, 0.25) is 0 Å². The van der Waals surface area contributed by atoms with Gasteiger partial charge in [-0.3, -0.25) is 14.4 Å². The molecule has 8 heavy (non-hydrogen) atoms. The zero-order valence-electron chi connectivity index (χ0n) is 4.50. The van der Waals surface area contributed by atoms with Crippen LogP contribution >= 0.6 is 0 Å². The molecule has 0 bridgehead atoms. The smallest absolute Gasteiger partial charge is 0.260 e. The highest BCUT2D eigenvalue weighted by Crippen LogP contribution is 1.65. The molecule has 0 aromatic heterocycles. The van der Waals surface area contributed by atoms with Crippen LogP contribution in [0.3, 0.4) is 0 Å². The van der Waals surface area contributed by atoms with E-state index < -0.39 is 9.68 Å². The first-order chi connectivity index (χ1) is 3.81. The van der Waals surface area contributed by atoms with Gasteiger partial charge >= 0.3 is 0 Å². The fourth-order valence-corrected chi connectivity index (χ4v) is 0.957. The summed E-state index contributed by atoms with van der Waals surface area (Å²) < 4.78 is 6.96. The summed E-state index contributed by atoms with van der Waals surface area (Å²) in [6, 6.07) is 0. The van der Waals surface area contributed by atoms with Gasteiger partial charge < -0.3 is 0 Å². The van der Waals surface area contributed by atoms with Crippen LogP contribution in [0.4, 0.5) is 0 Å². The number of hydrogen-bond donors (Lipinski definition) is 0. The highest BCUT2D eigenvalue weighted by Gasteiger charge is 1.94. The molecule has 6 heteroatoms. The second kappa shape index (κ2) is 4.53. The Kier molecular flexibility index (Phi) is 4.18. The van der Waals surface area contributed by atoms with Crippen molar-refractivity contribution in [2.75, 3.05) is 0 Å². The summed E-state index contributed by atoms with van der Waals surface area (Å²) in [5, 5.41) is -0.385. The third kappa shape index (κ3) is 3.56. The summed E-state index contributed by atoms with van der Waals surface area (Å²) in [6.07, 6.45) is 0.308. The molecule has 0 unspecified atom stereocenters. The lowest BCUT2D eigenvalue weighted by molar-refractivity contribution is -0.125. The van der Waals surface area contributed by atoms with Crippen molar-refractivity contribution in [1.29, 1.82) is 0 Å². The van der Waals surface area contributed by atoms with E-state index in [4.69, 9.17) is 0 Å². The van der Waals surface area contributed by atoms with Crippen molar-refractivity contribution >= 4 is 31.8 Å². The molecule has 0 aliphatic carbocycles. The molecule has 0 heterocycles. The number of aldehydes is 1. The van der Waals surface area contributed by atoms with Gasteiger partial charge in [-0.2, -0.15) is 0 Å². The summed E-state index contributed by atoms with van der Waals surface area (Å²) in [6.45, 7) is 0. The molecule has 0 spiro atoms. The third-order valence-corrected chi connectivity index (χ3v) is 2.25. The fourth-order valence-electron chi connectivity index (χ4n) is 0.178. The highest BCUT2D eigenvalue weighted by atomic mass is 28.2. The first kappa shape index (κ1) is 7.37. The second-order valence-electron chi connectivity index (χ2n) is 1.08. The molecule has 0 saturated carbocycles. The van der Waals surface area contributed by atoms with Gasteiger partial charge in [0.15, 0.2) is 22.1 Å². The average molecular weight is 146 g/mol. The standard InChI is InChI=1S/C2H6N2O2Si2/c5-1-2(6)8-4-3-7/h1H,8H2,7H3. The SMILES string of the molecule is O=CC(=O)[SiH2]N=N[SiH3]. The minimum Gasteiger partial charge on any atom is -0.295 e.